The summed E-state index contributed by atoms with van der Waals surface area (Å²) in [7, 11) is 0. The highest BCUT2D eigenvalue weighted by Crippen LogP contribution is 2.32. The van der Waals surface area contributed by atoms with Crippen LogP contribution in [-0.4, -0.2) is 11.8 Å². The molecule has 0 aromatic rings. The molecule has 0 atom stereocenters. The number of rotatable bonds is 0. The van der Waals surface area contributed by atoms with Crippen molar-refractivity contribution in [2.45, 2.75) is 25.7 Å². The second-order valence-corrected chi connectivity index (χ2v) is 1.97. The predicted molar refractivity (Wildman–Crippen MR) is 21.2 cm³/mol. The number of hydrogen-bond acceptors (Lipinski definition) is 0. The molecule has 0 fully saturated rings. The van der Waals surface area contributed by atoms with Crippen molar-refractivity contribution in [3.8, 4) is 0 Å². The zero-order valence-electron chi connectivity index (χ0n) is 4.51. The van der Waals surface area contributed by atoms with Crippen molar-refractivity contribution in [3.05, 3.63) is 0 Å². The Labute approximate surface area is 44.5 Å². The van der Waals surface area contributed by atoms with E-state index in [2.05, 4.69) is 0 Å². The molecule has 0 unspecified atom stereocenters. The molecule has 0 aromatic heterocycles. The van der Waals surface area contributed by atoms with Crippen molar-refractivity contribution in [1.82, 2.24) is 0 Å². The van der Waals surface area contributed by atoms with Crippen LogP contribution >= 0.6 is 0 Å². The molecular formula is C4H6F4. The minimum atomic E-state index is -4.73. The fourth-order valence-electron chi connectivity index (χ4n) is 0. The summed E-state index contributed by atoms with van der Waals surface area (Å²) in [6.07, 6.45) is -4.73. The van der Waals surface area contributed by atoms with Crippen molar-refractivity contribution in [2.24, 2.45) is 0 Å². The van der Waals surface area contributed by atoms with Gasteiger partial charge in [0.2, 0.25) is 0 Å². The molecule has 8 heavy (non-hydrogen) atoms. The molecule has 0 saturated carbocycles. The maximum atomic E-state index is 11.8. The van der Waals surface area contributed by atoms with E-state index in [0.29, 0.717) is 13.8 Å². The van der Waals surface area contributed by atoms with Crippen LogP contribution in [0.2, 0.25) is 0 Å². The zero-order valence-corrected chi connectivity index (χ0v) is 4.51. The Balaban J connectivity index is 4.02. The van der Waals surface area contributed by atoms with E-state index >= 15 is 0 Å². The smallest absolute Gasteiger partial charge is 0.234 e. The summed E-state index contributed by atoms with van der Waals surface area (Å²) in [5.41, 5.74) is -3.06. The first kappa shape index (κ1) is 7.72. The van der Waals surface area contributed by atoms with Crippen molar-refractivity contribution in [1.29, 1.82) is 0 Å². The molecule has 4 heteroatoms. The van der Waals surface area contributed by atoms with Gasteiger partial charge in [0.1, 0.15) is 0 Å². The minimum absolute atomic E-state index is 0.479. The van der Waals surface area contributed by atoms with Crippen LogP contribution in [0.1, 0.15) is 13.8 Å². The van der Waals surface area contributed by atoms with Crippen LogP contribution in [0.3, 0.4) is 0 Å². The molecule has 0 spiro atoms. The van der Waals surface area contributed by atoms with Crippen LogP contribution in [0, 0.1) is 0 Å². The Bertz CT molecular complexity index is 63.0. The highest BCUT2D eigenvalue weighted by Gasteiger charge is 2.47. The summed E-state index contributed by atoms with van der Waals surface area (Å²) < 4.78 is 45.3. The largest absolute Gasteiger partial charge is 0.421 e. The Hall–Kier alpha value is -0.280. The summed E-state index contributed by atoms with van der Waals surface area (Å²) >= 11 is 0. The third-order valence-electron chi connectivity index (χ3n) is 0.674. The Kier molecular flexibility index (Phi) is 1.54. The van der Waals surface area contributed by atoms with Gasteiger partial charge in [-0.25, -0.2) is 4.39 Å². The molecule has 0 aliphatic rings. The Morgan fingerprint density at radius 1 is 0.875 bits per heavy atom. The third-order valence-corrected chi connectivity index (χ3v) is 0.674. The topological polar surface area (TPSA) is 0 Å². The molecule has 0 heterocycles. The van der Waals surface area contributed by atoms with Gasteiger partial charge in [0.15, 0.2) is 5.67 Å². The van der Waals surface area contributed by atoms with Gasteiger partial charge >= 0.3 is 6.18 Å². The van der Waals surface area contributed by atoms with Gasteiger partial charge in [-0.2, -0.15) is 13.2 Å². The van der Waals surface area contributed by atoms with Gasteiger partial charge < -0.3 is 0 Å². The van der Waals surface area contributed by atoms with Crippen LogP contribution in [0.5, 0.6) is 0 Å². The van der Waals surface area contributed by atoms with E-state index in [1.807, 2.05) is 0 Å². The standard InChI is InChI=1S/C4H6F4/c1-3(2,5)4(6,7)8/h1-2H3. The van der Waals surface area contributed by atoms with E-state index in [-0.39, 0.29) is 0 Å². The first-order valence-corrected chi connectivity index (χ1v) is 2.01. The summed E-state index contributed by atoms with van der Waals surface area (Å²) in [4.78, 5) is 0. The van der Waals surface area contributed by atoms with Crippen molar-refractivity contribution in [3.63, 3.8) is 0 Å². The zero-order chi connectivity index (χ0) is 7.00. The number of halogens is 4. The predicted octanol–water partition coefficient (Wildman–Crippen LogP) is 2.30. The molecule has 0 rings (SSSR count). The van der Waals surface area contributed by atoms with E-state index in [1.54, 1.807) is 0 Å². The molecule has 0 amide bonds. The van der Waals surface area contributed by atoms with Crippen LogP contribution in [0.4, 0.5) is 17.6 Å². The highest BCUT2D eigenvalue weighted by atomic mass is 19.4. The number of alkyl halides is 4. The molecule has 0 aliphatic carbocycles. The van der Waals surface area contributed by atoms with E-state index in [4.69, 9.17) is 0 Å². The van der Waals surface area contributed by atoms with Crippen LogP contribution < -0.4 is 0 Å². The van der Waals surface area contributed by atoms with Gasteiger partial charge in [-0.05, 0) is 13.8 Å². The second-order valence-electron chi connectivity index (χ2n) is 1.97. The lowest BCUT2D eigenvalue weighted by molar-refractivity contribution is -0.216. The lowest BCUT2D eigenvalue weighted by atomic mass is 10.2. The average Bonchev–Trinajstić information content (AvgIpc) is 1.25. The van der Waals surface area contributed by atoms with E-state index in [1.165, 1.54) is 0 Å². The van der Waals surface area contributed by atoms with Crippen LogP contribution in [0.15, 0.2) is 0 Å². The molecule has 50 valence electrons. The molecule has 0 radical (unpaired) electrons. The van der Waals surface area contributed by atoms with Gasteiger partial charge in [0.25, 0.3) is 0 Å². The van der Waals surface area contributed by atoms with Crippen molar-refractivity contribution in [2.75, 3.05) is 0 Å². The maximum Gasteiger partial charge on any atom is 0.421 e. The first-order valence-electron chi connectivity index (χ1n) is 2.01. The fraction of sp³-hybridized carbons (Fsp3) is 1.00. The third kappa shape index (κ3) is 1.68. The first-order chi connectivity index (χ1) is 3.25. The molecule has 0 N–H and O–H groups in total. The molecule has 0 saturated heterocycles. The average molecular weight is 130 g/mol. The lowest BCUT2D eigenvalue weighted by Gasteiger charge is -2.17. The monoisotopic (exact) mass is 130 g/mol. The molecule has 0 aromatic carbocycles. The van der Waals surface area contributed by atoms with Gasteiger partial charge in [0, 0.05) is 0 Å². The minimum Gasteiger partial charge on any atom is -0.234 e. The summed E-state index contributed by atoms with van der Waals surface area (Å²) in [6.45, 7) is 0.958. The van der Waals surface area contributed by atoms with E-state index in [0.717, 1.165) is 0 Å². The molecule has 0 bridgehead atoms. The van der Waals surface area contributed by atoms with E-state index < -0.39 is 11.8 Å². The van der Waals surface area contributed by atoms with Gasteiger partial charge in [-0.1, -0.05) is 0 Å². The van der Waals surface area contributed by atoms with Gasteiger partial charge in [-0.3, -0.25) is 0 Å². The highest BCUT2D eigenvalue weighted by molar-refractivity contribution is 4.75. The molecule has 0 aliphatic heterocycles. The van der Waals surface area contributed by atoms with Crippen LogP contribution in [-0.2, 0) is 0 Å². The summed E-state index contributed by atoms with van der Waals surface area (Å²) in [6, 6.07) is 0. The number of hydrogen-bond donors (Lipinski definition) is 0. The quantitative estimate of drug-likeness (QED) is 0.441. The normalized spacial score (nSPS) is 14.2. The van der Waals surface area contributed by atoms with Gasteiger partial charge in [0.05, 0.1) is 0 Å². The summed E-state index contributed by atoms with van der Waals surface area (Å²) in [5.74, 6) is 0. The maximum absolute atomic E-state index is 11.8. The fourth-order valence-corrected chi connectivity index (χ4v) is 0. The van der Waals surface area contributed by atoms with E-state index in [9.17, 15) is 17.6 Å². The Morgan fingerprint density at radius 2 is 1.00 bits per heavy atom. The molecule has 0 nitrogen and oxygen atoms in total. The Morgan fingerprint density at radius 3 is 1.00 bits per heavy atom. The molecular weight excluding hydrogens is 124 g/mol. The SMILES string of the molecule is CC(C)(F)C(F)(F)F. The lowest BCUT2D eigenvalue weighted by Crippen LogP contribution is -2.33. The second kappa shape index (κ2) is 1.60. The van der Waals surface area contributed by atoms with Crippen molar-refractivity contribution >= 4 is 0 Å². The summed E-state index contributed by atoms with van der Waals surface area (Å²) in [5, 5.41) is 0. The van der Waals surface area contributed by atoms with Crippen LogP contribution in [0.25, 0.3) is 0 Å². The van der Waals surface area contributed by atoms with Gasteiger partial charge in [-0.15, -0.1) is 0 Å². The van der Waals surface area contributed by atoms with Crippen molar-refractivity contribution < 1.29 is 17.6 Å².